The lowest BCUT2D eigenvalue weighted by molar-refractivity contribution is -0.156. The lowest BCUT2D eigenvalue weighted by atomic mass is 10.00. The maximum Gasteiger partial charge on any atom is 0.328 e. The maximum absolute atomic E-state index is 12.6. The molecule has 0 aliphatic carbocycles. The summed E-state index contributed by atoms with van der Waals surface area (Å²) in [6.07, 6.45) is 4.79. The first kappa shape index (κ1) is 20.1. The molecule has 5 heteroatoms. The Bertz CT molecular complexity index is 623. The van der Waals surface area contributed by atoms with Gasteiger partial charge in [-0.2, -0.15) is 0 Å². The minimum absolute atomic E-state index is 0.0360. The highest BCUT2D eigenvalue weighted by molar-refractivity contribution is 5.98. The first-order valence-electron chi connectivity index (χ1n) is 9.65. The van der Waals surface area contributed by atoms with E-state index in [1.165, 1.54) is 5.56 Å². The largest absolute Gasteiger partial charge is 0.464 e. The number of hydrogen-bond acceptors (Lipinski definition) is 4. The van der Waals surface area contributed by atoms with Crippen molar-refractivity contribution in [3.63, 3.8) is 0 Å². The van der Waals surface area contributed by atoms with Crippen LogP contribution in [0, 0.1) is 0 Å². The number of esters is 1. The Morgan fingerprint density at radius 2 is 1.81 bits per heavy atom. The minimum Gasteiger partial charge on any atom is -0.464 e. The van der Waals surface area contributed by atoms with Crippen LogP contribution in [0.25, 0.3) is 0 Å². The Morgan fingerprint density at radius 1 is 1.08 bits per heavy atom. The zero-order chi connectivity index (χ0) is 18.9. The maximum atomic E-state index is 12.6. The van der Waals surface area contributed by atoms with E-state index >= 15 is 0 Å². The van der Waals surface area contributed by atoms with Crippen LogP contribution in [-0.4, -0.2) is 41.8 Å². The summed E-state index contributed by atoms with van der Waals surface area (Å²) in [6, 6.07) is 7.11. The van der Waals surface area contributed by atoms with Gasteiger partial charge in [-0.15, -0.1) is 0 Å². The average molecular weight is 359 g/mol. The van der Waals surface area contributed by atoms with Gasteiger partial charge in [0.05, 0.1) is 6.61 Å². The van der Waals surface area contributed by atoms with Crippen LogP contribution in [0.2, 0.25) is 0 Å². The van der Waals surface area contributed by atoms with Gasteiger partial charge in [0.2, 0.25) is 5.91 Å². The Morgan fingerprint density at radius 3 is 2.46 bits per heavy atom. The Kier molecular flexibility index (Phi) is 7.82. The predicted octanol–water partition coefficient (Wildman–Crippen LogP) is 3.55. The summed E-state index contributed by atoms with van der Waals surface area (Å²) in [5.41, 5.74) is 1.85. The molecule has 1 aliphatic heterocycles. The van der Waals surface area contributed by atoms with Crippen LogP contribution < -0.4 is 0 Å². The summed E-state index contributed by atoms with van der Waals surface area (Å²) in [5, 5.41) is 0. The fourth-order valence-electron chi connectivity index (χ4n) is 3.37. The number of hydrogen-bond donors (Lipinski definition) is 0. The molecule has 0 saturated carbocycles. The number of nitrogens with zero attached hydrogens (tertiary/aromatic N) is 1. The summed E-state index contributed by atoms with van der Waals surface area (Å²) in [7, 11) is 0. The standard InChI is InChI=1S/C21H29NO4/c1-3-7-16-9-11-17(12-10-16)19(23)13-14-20(24)22-15-6-5-8-18(22)21(25)26-4-2/h9-12,18H,3-8,13-15H2,1-2H3. The highest BCUT2D eigenvalue weighted by Crippen LogP contribution is 2.20. The molecule has 1 unspecified atom stereocenters. The zero-order valence-corrected chi connectivity index (χ0v) is 15.8. The van der Waals surface area contributed by atoms with Crippen LogP contribution in [0.5, 0.6) is 0 Å². The van der Waals surface area contributed by atoms with E-state index < -0.39 is 6.04 Å². The van der Waals surface area contributed by atoms with E-state index in [-0.39, 0.29) is 30.5 Å². The van der Waals surface area contributed by atoms with Crippen molar-refractivity contribution in [1.29, 1.82) is 0 Å². The number of ether oxygens (including phenoxy) is 1. The van der Waals surface area contributed by atoms with Gasteiger partial charge in [-0.25, -0.2) is 4.79 Å². The molecule has 26 heavy (non-hydrogen) atoms. The number of carbonyl (C=O) groups excluding carboxylic acids is 3. The third-order valence-electron chi connectivity index (χ3n) is 4.76. The molecule has 1 saturated heterocycles. The van der Waals surface area contributed by atoms with Gasteiger partial charge >= 0.3 is 5.97 Å². The fourth-order valence-corrected chi connectivity index (χ4v) is 3.37. The first-order valence-corrected chi connectivity index (χ1v) is 9.65. The van der Waals surface area contributed by atoms with E-state index in [9.17, 15) is 14.4 Å². The van der Waals surface area contributed by atoms with Crippen molar-refractivity contribution < 1.29 is 19.1 Å². The Labute approximate surface area is 155 Å². The predicted molar refractivity (Wildman–Crippen MR) is 100.0 cm³/mol. The highest BCUT2D eigenvalue weighted by atomic mass is 16.5. The molecule has 0 radical (unpaired) electrons. The van der Waals surface area contributed by atoms with Crippen molar-refractivity contribution in [1.82, 2.24) is 4.90 Å². The number of amides is 1. The number of likely N-dealkylation sites (tertiary alicyclic amines) is 1. The van der Waals surface area contributed by atoms with Gasteiger partial charge in [0.15, 0.2) is 5.78 Å². The number of piperidine rings is 1. The molecule has 1 aromatic carbocycles. The van der Waals surface area contributed by atoms with Crippen LogP contribution in [0.1, 0.15) is 68.3 Å². The number of Topliss-reactive ketones (excluding diaryl/α,β-unsaturated/α-hetero) is 1. The fraction of sp³-hybridized carbons (Fsp3) is 0.571. The third-order valence-corrected chi connectivity index (χ3v) is 4.76. The highest BCUT2D eigenvalue weighted by Gasteiger charge is 2.32. The molecule has 1 aliphatic rings. The summed E-state index contributed by atoms with van der Waals surface area (Å²) in [4.78, 5) is 38.6. The summed E-state index contributed by atoms with van der Waals surface area (Å²) >= 11 is 0. The molecule has 2 rings (SSSR count). The van der Waals surface area contributed by atoms with E-state index in [1.807, 2.05) is 24.3 Å². The van der Waals surface area contributed by atoms with E-state index in [0.29, 0.717) is 25.1 Å². The molecule has 0 spiro atoms. The molecule has 1 atom stereocenters. The smallest absolute Gasteiger partial charge is 0.328 e. The number of benzene rings is 1. The molecule has 1 fully saturated rings. The van der Waals surface area contributed by atoms with E-state index in [0.717, 1.165) is 25.7 Å². The lowest BCUT2D eigenvalue weighted by Gasteiger charge is -2.34. The molecule has 0 N–H and O–H groups in total. The number of aryl methyl sites for hydroxylation is 1. The molecule has 1 heterocycles. The van der Waals surface area contributed by atoms with Crippen LogP contribution in [0.4, 0.5) is 0 Å². The molecule has 1 aromatic rings. The molecule has 1 amide bonds. The number of carbonyl (C=O) groups is 3. The summed E-state index contributed by atoms with van der Waals surface area (Å²) in [5.74, 6) is -0.511. The van der Waals surface area contributed by atoms with Gasteiger partial charge in [0, 0.05) is 24.9 Å². The van der Waals surface area contributed by atoms with Crippen LogP contribution in [-0.2, 0) is 20.7 Å². The zero-order valence-electron chi connectivity index (χ0n) is 15.8. The van der Waals surface area contributed by atoms with Crippen molar-refractivity contribution in [2.75, 3.05) is 13.2 Å². The quantitative estimate of drug-likeness (QED) is 0.526. The SMILES string of the molecule is CCCc1ccc(C(=O)CCC(=O)N2CCCCC2C(=O)OCC)cc1. The molecule has 0 bridgehead atoms. The van der Waals surface area contributed by atoms with E-state index in [2.05, 4.69) is 6.92 Å². The molecule has 5 nitrogen and oxygen atoms in total. The van der Waals surface area contributed by atoms with Gasteiger partial charge in [-0.05, 0) is 38.2 Å². The van der Waals surface area contributed by atoms with Crippen molar-refractivity contribution >= 4 is 17.7 Å². The second kappa shape index (κ2) is 10.1. The molecule has 0 aromatic heterocycles. The average Bonchev–Trinajstić information content (AvgIpc) is 2.67. The molecule has 142 valence electrons. The van der Waals surface area contributed by atoms with Gasteiger partial charge in [0.1, 0.15) is 6.04 Å². The molecular formula is C21H29NO4. The van der Waals surface area contributed by atoms with Gasteiger partial charge in [-0.3, -0.25) is 9.59 Å². The van der Waals surface area contributed by atoms with Gasteiger partial charge in [0.25, 0.3) is 0 Å². The van der Waals surface area contributed by atoms with Gasteiger partial charge < -0.3 is 9.64 Å². The van der Waals surface area contributed by atoms with Crippen molar-refractivity contribution in [2.45, 2.75) is 64.8 Å². The van der Waals surface area contributed by atoms with Crippen molar-refractivity contribution in [2.24, 2.45) is 0 Å². The number of rotatable bonds is 8. The first-order chi connectivity index (χ1) is 12.6. The minimum atomic E-state index is -0.500. The normalized spacial score (nSPS) is 17.0. The van der Waals surface area contributed by atoms with Crippen LogP contribution in [0.15, 0.2) is 24.3 Å². The third kappa shape index (κ3) is 5.41. The summed E-state index contributed by atoms with van der Waals surface area (Å²) < 4.78 is 5.09. The van der Waals surface area contributed by atoms with Crippen molar-refractivity contribution in [3.8, 4) is 0 Å². The topological polar surface area (TPSA) is 63.7 Å². The van der Waals surface area contributed by atoms with E-state index in [4.69, 9.17) is 4.74 Å². The monoisotopic (exact) mass is 359 g/mol. The van der Waals surface area contributed by atoms with Crippen LogP contribution >= 0.6 is 0 Å². The van der Waals surface area contributed by atoms with E-state index in [1.54, 1.807) is 11.8 Å². The Hall–Kier alpha value is -2.17. The van der Waals surface area contributed by atoms with Crippen LogP contribution in [0.3, 0.4) is 0 Å². The second-order valence-electron chi connectivity index (χ2n) is 6.72. The molecular weight excluding hydrogens is 330 g/mol. The lowest BCUT2D eigenvalue weighted by Crippen LogP contribution is -2.48. The van der Waals surface area contributed by atoms with Crippen molar-refractivity contribution in [3.05, 3.63) is 35.4 Å². The Balaban J connectivity index is 1.91. The van der Waals surface area contributed by atoms with Gasteiger partial charge in [-0.1, -0.05) is 37.6 Å². The second-order valence-corrected chi connectivity index (χ2v) is 6.72. The number of ketones is 1. The summed E-state index contributed by atoms with van der Waals surface area (Å²) in [6.45, 7) is 4.75.